The monoisotopic (exact) mass is 261 g/mol. The summed E-state index contributed by atoms with van der Waals surface area (Å²) in [4.78, 5) is 19.2. The van der Waals surface area contributed by atoms with Crippen molar-refractivity contribution < 1.29 is 4.79 Å². The van der Waals surface area contributed by atoms with Crippen LogP contribution < -0.4 is 5.32 Å². The number of anilines is 2. The Hall–Kier alpha value is -1.94. The van der Waals surface area contributed by atoms with E-state index < -0.39 is 0 Å². The number of halogens is 1. The molecule has 0 saturated heterocycles. The number of hydrogen-bond donors (Lipinski definition) is 1. The van der Waals surface area contributed by atoms with Gasteiger partial charge in [-0.25, -0.2) is 9.97 Å². The minimum absolute atomic E-state index is 0.0266. The van der Waals surface area contributed by atoms with Crippen LogP contribution in [0.2, 0.25) is 5.28 Å². The first kappa shape index (κ1) is 12.5. The Balaban J connectivity index is 2.33. The summed E-state index contributed by atoms with van der Waals surface area (Å²) in [6.45, 7) is 3.49. The van der Waals surface area contributed by atoms with Crippen molar-refractivity contribution in [2.75, 3.05) is 5.32 Å². The summed E-state index contributed by atoms with van der Waals surface area (Å²) in [5, 5.41) is 3.30. The number of rotatable bonds is 3. The third-order valence-corrected chi connectivity index (χ3v) is 2.72. The van der Waals surface area contributed by atoms with Gasteiger partial charge in [-0.15, -0.1) is 0 Å². The van der Waals surface area contributed by atoms with E-state index in [9.17, 15) is 4.79 Å². The molecule has 4 nitrogen and oxygen atoms in total. The lowest BCUT2D eigenvalue weighted by Crippen LogP contribution is -1.99. The lowest BCUT2D eigenvalue weighted by atomic mass is 10.1. The molecule has 2 rings (SSSR count). The van der Waals surface area contributed by atoms with Gasteiger partial charge in [0.1, 0.15) is 5.82 Å². The molecule has 0 radical (unpaired) electrons. The van der Waals surface area contributed by atoms with E-state index in [1.807, 2.05) is 13.0 Å². The zero-order chi connectivity index (χ0) is 13.1. The summed E-state index contributed by atoms with van der Waals surface area (Å²) < 4.78 is 0. The Morgan fingerprint density at radius 2 is 2.11 bits per heavy atom. The van der Waals surface area contributed by atoms with E-state index in [2.05, 4.69) is 15.3 Å². The average molecular weight is 262 g/mol. The number of carbonyl (C=O) groups excluding carboxylic acids is 1. The molecule has 0 amide bonds. The molecule has 0 spiro atoms. The third kappa shape index (κ3) is 2.84. The zero-order valence-electron chi connectivity index (χ0n) is 10.1. The Labute approximate surface area is 110 Å². The van der Waals surface area contributed by atoms with Crippen LogP contribution in [0.3, 0.4) is 0 Å². The van der Waals surface area contributed by atoms with Gasteiger partial charge in [-0.2, -0.15) is 0 Å². The Morgan fingerprint density at radius 1 is 1.33 bits per heavy atom. The van der Waals surface area contributed by atoms with Crippen molar-refractivity contribution in [2.45, 2.75) is 13.8 Å². The molecule has 1 heterocycles. The standard InChI is InChI=1S/C13H12ClN3O/c1-8-3-4-10(9(2)18)7-11(8)16-12-5-6-15-13(14)17-12/h3-7H,1-2H3,(H,15,16,17). The molecule has 0 unspecified atom stereocenters. The summed E-state index contributed by atoms with van der Waals surface area (Å²) in [7, 11) is 0. The molecule has 0 saturated carbocycles. The molecule has 0 atom stereocenters. The largest absolute Gasteiger partial charge is 0.340 e. The highest BCUT2D eigenvalue weighted by Crippen LogP contribution is 2.21. The van der Waals surface area contributed by atoms with Crippen LogP contribution in [0.1, 0.15) is 22.8 Å². The van der Waals surface area contributed by atoms with E-state index in [1.54, 1.807) is 24.4 Å². The van der Waals surface area contributed by atoms with E-state index >= 15 is 0 Å². The molecule has 5 heteroatoms. The van der Waals surface area contributed by atoms with Crippen LogP contribution in [0.5, 0.6) is 0 Å². The highest BCUT2D eigenvalue weighted by molar-refractivity contribution is 6.28. The number of nitrogens with zero attached hydrogens (tertiary/aromatic N) is 2. The van der Waals surface area contributed by atoms with Crippen LogP contribution in [0.15, 0.2) is 30.5 Å². The third-order valence-electron chi connectivity index (χ3n) is 2.53. The first-order valence-corrected chi connectivity index (χ1v) is 5.81. The number of nitrogens with one attached hydrogen (secondary N) is 1. The fourth-order valence-corrected chi connectivity index (χ4v) is 1.67. The zero-order valence-corrected chi connectivity index (χ0v) is 10.8. The van der Waals surface area contributed by atoms with Gasteiger partial charge in [-0.1, -0.05) is 12.1 Å². The number of hydrogen-bond acceptors (Lipinski definition) is 4. The van der Waals surface area contributed by atoms with Crippen molar-refractivity contribution in [1.29, 1.82) is 0 Å². The summed E-state index contributed by atoms with van der Waals surface area (Å²) in [5.74, 6) is 0.623. The molecule has 0 bridgehead atoms. The summed E-state index contributed by atoms with van der Waals surface area (Å²) in [6.07, 6.45) is 1.57. The first-order valence-electron chi connectivity index (χ1n) is 5.43. The van der Waals surface area contributed by atoms with Crippen molar-refractivity contribution in [3.63, 3.8) is 0 Å². The van der Waals surface area contributed by atoms with Gasteiger partial charge in [0, 0.05) is 17.4 Å². The van der Waals surface area contributed by atoms with Crippen LogP contribution in [0.25, 0.3) is 0 Å². The fourth-order valence-electron chi connectivity index (χ4n) is 1.52. The van der Waals surface area contributed by atoms with Gasteiger partial charge in [-0.05, 0) is 43.1 Å². The minimum Gasteiger partial charge on any atom is -0.340 e. The molecule has 1 aromatic carbocycles. The van der Waals surface area contributed by atoms with Gasteiger partial charge in [0.05, 0.1) is 0 Å². The fraction of sp³-hybridized carbons (Fsp3) is 0.154. The molecule has 0 aliphatic carbocycles. The Morgan fingerprint density at radius 3 is 2.78 bits per heavy atom. The number of aromatic nitrogens is 2. The molecule has 18 heavy (non-hydrogen) atoms. The minimum atomic E-state index is 0.0266. The topological polar surface area (TPSA) is 54.9 Å². The van der Waals surface area contributed by atoms with E-state index in [4.69, 9.17) is 11.6 Å². The SMILES string of the molecule is CC(=O)c1ccc(C)c(Nc2ccnc(Cl)n2)c1. The first-order chi connectivity index (χ1) is 8.56. The van der Waals surface area contributed by atoms with E-state index in [1.165, 1.54) is 6.92 Å². The quantitative estimate of drug-likeness (QED) is 0.680. The normalized spacial score (nSPS) is 10.2. The average Bonchev–Trinajstić information content (AvgIpc) is 2.31. The van der Waals surface area contributed by atoms with Gasteiger partial charge in [-0.3, -0.25) is 4.79 Å². The number of benzene rings is 1. The summed E-state index contributed by atoms with van der Waals surface area (Å²) >= 11 is 5.72. The second-order valence-electron chi connectivity index (χ2n) is 3.92. The molecule has 0 aliphatic rings. The lowest BCUT2D eigenvalue weighted by molar-refractivity contribution is 0.101. The number of ketones is 1. The second kappa shape index (κ2) is 5.14. The number of Topliss-reactive ketones (excluding diaryl/α,β-unsaturated/α-hetero) is 1. The van der Waals surface area contributed by atoms with Gasteiger partial charge in [0.15, 0.2) is 5.78 Å². The van der Waals surface area contributed by atoms with Crippen LogP contribution in [0, 0.1) is 6.92 Å². The van der Waals surface area contributed by atoms with Gasteiger partial charge in [0.25, 0.3) is 0 Å². The van der Waals surface area contributed by atoms with Gasteiger partial charge >= 0.3 is 0 Å². The molecule has 92 valence electrons. The molecule has 1 aromatic heterocycles. The second-order valence-corrected chi connectivity index (χ2v) is 4.26. The summed E-state index contributed by atoms with van der Waals surface area (Å²) in [5.41, 5.74) is 2.51. The highest BCUT2D eigenvalue weighted by atomic mass is 35.5. The molecule has 0 aliphatic heterocycles. The Kier molecular flexibility index (Phi) is 3.58. The van der Waals surface area contributed by atoms with Crippen molar-refractivity contribution in [3.8, 4) is 0 Å². The van der Waals surface area contributed by atoms with Gasteiger partial charge < -0.3 is 5.32 Å². The number of aryl methyl sites for hydroxylation is 1. The van der Waals surface area contributed by atoms with Crippen molar-refractivity contribution >= 4 is 28.9 Å². The maximum Gasteiger partial charge on any atom is 0.224 e. The van der Waals surface area contributed by atoms with Crippen LogP contribution in [-0.4, -0.2) is 15.8 Å². The highest BCUT2D eigenvalue weighted by Gasteiger charge is 2.05. The molecular weight excluding hydrogens is 250 g/mol. The van der Waals surface area contributed by atoms with E-state index in [0.717, 1.165) is 11.3 Å². The Bertz CT molecular complexity index is 599. The van der Waals surface area contributed by atoms with Crippen molar-refractivity contribution in [3.05, 3.63) is 46.9 Å². The molecule has 1 N–H and O–H groups in total. The number of carbonyl (C=O) groups is 1. The summed E-state index contributed by atoms with van der Waals surface area (Å²) in [6, 6.07) is 7.21. The van der Waals surface area contributed by atoms with Crippen LogP contribution >= 0.6 is 11.6 Å². The predicted octanol–water partition coefficient (Wildman–Crippen LogP) is 3.38. The maximum atomic E-state index is 11.3. The van der Waals surface area contributed by atoms with Crippen LogP contribution in [0.4, 0.5) is 11.5 Å². The maximum absolute atomic E-state index is 11.3. The molecule has 0 fully saturated rings. The smallest absolute Gasteiger partial charge is 0.224 e. The van der Waals surface area contributed by atoms with E-state index in [-0.39, 0.29) is 11.1 Å². The van der Waals surface area contributed by atoms with Crippen molar-refractivity contribution in [1.82, 2.24) is 9.97 Å². The molecule has 2 aromatic rings. The molecular formula is C13H12ClN3O. The van der Waals surface area contributed by atoms with Crippen molar-refractivity contribution in [2.24, 2.45) is 0 Å². The predicted molar refractivity (Wildman–Crippen MR) is 71.5 cm³/mol. The van der Waals surface area contributed by atoms with Gasteiger partial charge in [0.2, 0.25) is 5.28 Å². The van der Waals surface area contributed by atoms with E-state index in [0.29, 0.717) is 11.4 Å². The lowest BCUT2D eigenvalue weighted by Gasteiger charge is -2.10. The van der Waals surface area contributed by atoms with Crippen LogP contribution in [-0.2, 0) is 0 Å².